The largest absolute Gasteiger partial charge is 0.352 e. The van der Waals surface area contributed by atoms with Gasteiger partial charge in [0.2, 0.25) is 0 Å². The Morgan fingerprint density at radius 3 is 2.56 bits per heavy atom. The molecule has 6 nitrogen and oxygen atoms in total. The molecule has 25 heavy (non-hydrogen) atoms. The summed E-state index contributed by atoms with van der Waals surface area (Å²) in [6, 6.07) is 8.23. The first-order valence-corrected chi connectivity index (χ1v) is 8.34. The van der Waals surface area contributed by atoms with Crippen molar-refractivity contribution < 1.29 is 9.72 Å². The van der Waals surface area contributed by atoms with Crippen LogP contribution in [-0.2, 0) is 4.79 Å². The number of nitrogens with one attached hydrogen (secondary N) is 1. The van der Waals surface area contributed by atoms with Crippen LogP contribution >= 0.6 is 12.2 Å². The molecule has 0 spiro atoms. The highest BCUT2D eigenvalue weighted by Gasteiger charge is 2.47. The Bertz CT molecular complexity index is 836. The van der Waals surface area contributed by atoms with Gasteiger partial charge in [0.25, 0.3) is 5.69 Å². The number of nitro benzene ring substituents is 1. The van der Waals surface area contributed by atoms with Crippen molar-refractivity contribution in [3.8, 4) is 6.07 Å². The summed E-state index contributed by atoms with van der Waals surface area (Å²) < 4.78 is 0. The second-order valence-corrected chi connectivity index (χ2v) is 7.62. The minimum absolute atomic E-state index is 0.0272. The molecular formula is C18H17N3O3S. The Hall–Kier alpha value is -2.59. The third-order valence-electron chi connectivity index (χ3n) is 4.75. The molecule has 1 saturated heterocycles. The zero-order chi connectivity index (χ0) is 18.4. The average Bonchev–Trinajstić information content (AvgIpc) is 2.52. The lowest BCUT2D eigenvalue weighted by atomic mass is 9.65. The number of hydrogen-bond acceptors (Lipinski definition) is 5. The van der Waals surface area contributed by atoms with Crippen LogP contribution in [0.1, 0.15) is 31.7 Å². The Balaban J connectivity index is 2.10. The molecule has 7 heteroatoms. The highest BCUT2D eigenvalue weighted by molar-refractivity contribution is 7.80. The van der Waals surface area contributed by atoms with Crippen LogP contribution in [0.3, 0.4) is 0 Å². The first-order chi connectivity index (χ1) is 11.7. The number of piperidine rings is 1. The summed E-state index contributed by atoms with van der Waals surface area (Å²) in [6.45, 7) is 3.96. The van der Waals surface area contributed by atoms with Crippen LogP contribution in [0.25, 0.3) is 0 Å². The number of carbonyl (C=O) groups excluding carboxylic acids is 1. The number of nitriles is 1. The molecule has 0 aromatic heterocycles. The van der Waals surface area contributed by atoms with Gasteiger partial charge in [0.1, 0.15) is 11.7 Å². The highest BCUT2D eigenvalue weighted by Crippen LogP contribution is 2.46. The van der Waals surface area contributed by atoms with Crippen LogP contribution in [-0.4, -0.2) is 15.7 Å². The van der Waals surface area contributed by atoms with E-state index in [1.54, 1.807) is 12.1 Å². The number of non-ortho nitro benzene ring substituents is 1. The van der Waals surface area contributed by atoms with E-state index in [2.05, 4.69) is 11.4 Å². The summed E-state index contributed by atoms with van der Waals surface area (Å²) in [5.74, 6) is -1.51. The fourth-order valence-electron chi connectivity index (χ4n) is 3.72. The highest BCUT2D eigenvalue weighted by atomic mass is 32.1. The fourth-order valence-corrected chi connectivity index (χ4v) is 4.04. The normalized spacial score (nSPS) is 27.6. The molecule has 1 aliphatic carbocycles. The predicted octanol–water partition coefficient (Wildman–Crippen LogP) is 3.25. The summed E-state index contributed by atoms with van der Waals surface area (Å²) in [6.07, 6.45) is 2.40. The van der Waals surface area contributed by atoms with Crippen molar-refractivity contribution in [1.82, 2.24) is 5.32 Å². The third kappa shape index (κ3) is 3.05. The third-order valence-corrected chi connectivity index (χ3v) is 5.11. The molecule has 1 aromatic carbocycles. The van der Waals surface area contributed by atoms with Crippen molar-refractivity contribution in [1.29, 1.82) is 5.26 Å². The smallest absolute Gasteiger partial charge is 0.269 e. The van der Waals surface area contributed by atoms with Gasteiger partial charge in [0.05, 0.1) is 21.9 Å². The van der Waals surface area contributed by atoms with Gasteiger partial charge in [-0.05, 0) is 11.0 Å². The lowest BCUT2D eigenvalue weighted by Crippen LogP contribution is -2.49. The van der Waals surface area contributed by atoms with Gasteiger partial charge in [-0.1, -0.05) is 44.3 Å². The van der Waals surface area contributed by atoms with Crippen LogP contribution < -0.4 is 5.32 Å². The fraction of sp³-hybridized carbons (Fsp3) is 0.389. The van der Waals surface area contributed by atoms with Crippen LogP contribution in [0, 0.1) is 38.7 Å². The van der Waals surface area contributed by atoms with E-state index in [9.17, 15) is 20.2 Å². The van der Waals surface area contributed by atoms with E-state index < -0.39 is 22.7 Å². The Morgan fingerprint density at radius 1 is 1.36 bits per heavy atom. The summed E-state index contributed by atoms with van der Waals surface area (Å²) in [7, 11) is 0. The number of rotatable bonds is 2. The number of carbonyl (C=O) groups is 1. The number of nitrogens with zero attached hydrogens (tertiary/aromatic N) is 2. The SMILES string of the molecule is CC1(C)C=C2NC(=S)[C@H](C#N)[C@H](c3ccc([N+](=O)[O-])cc3)[C@H]2C(=O)C1. The number of benzene rings is 1. The monoisotopic (exact) mass is 355 g/mol. The lowest BCUT2D eigenvalue weighted by Gasteiger charge is -2.42. The maximum Gasteiger partial charge on any atom is 0.269 e. The molecule has 0 unspecified atom stereocenters. The van der Waals surface area contributed by atoms with Gasteiger partial charge in [-0.25, -0.2) is 0 Å². The van der Waals surface area contributed by atoms with Crippen molar-refractivity contribution in [2.45, 2.75) is 26.2 Å². The van der Waals surface area contributed by atoms with Crippen LogP contribution in [0.2, 0.25) is 0 Å². The maximum atomic E-state index is 12.8. The second-order valence-electron chi connectivity index (χ2n) is 7.18. The number of allylic oxidation sites excluding steroid dienone is 2. The van der Waals surface area contributed by atoms with E-state index in [1.165, 1.54) is 12.1 Å². The Morgan fingerprint density at radius 2 is 2.00 bits per heavy atom. The van der Waals surface area contributed by atoms with E-state index in [1.807, 2.05) is 19.9 Å². The number of nitro groups is 1. The molecule has 1 N–H and O–H groups in total. The summed E-state index contributed by atoms with van der Waals surface area (Å²) in [4.78, 5) is 23.6. The molecule has 0 saturated carbocycles. The molecule has 3 atom stereocenters. The molecular weight excluding hydrogens is 338 g/mol. The Labute approximate surface area is 150 Å². The van der Waals surface area contributed by atoms with Crippen LogP contribution in [0.4, 0.5) is 5.69 Å². The van der Waals surface area contributed by atoms with Gasteiger partial charge in [0.15, 0.2) is 0 Å². The molecule has 0 radical (unpaired) electrons. The molecule has 1 heterocycles. The number of fused-ring (bicyclic) bond motifs is 1. The second kappa shape index (κ2) is 6.05. The molecule has 0 bridgehead atoms. The quantitative estimate of drug-likeness (QED) is 0.497. The van der Waals surface area contributed by atoms with Crippen LogP contribution in [0.15, 0.2) is 36.0 Å². The minimum Gasteiger partial charge on any atom is -0.352 e. The van der Waals surface area contributed by atoms with Crippen molar-refractivity contribution in [3.05, 3.63) is 51.7 Å². The van der Waals surface area contributed by atoms with Crippen molar-refractivity contribution >= 4 is 28.7 Å². The predicted molar refractivity (Wildman–Crippen MR) is 95.7 cm³/mol. The molecule has 0 amide bonds. The van der Waals surface area contributed by atoms with E-state index in [0.29, 0.717) is 17.0 Å². The molecule has 1 fully saturated rings. The van der Waals surface area contributed by atoms with Gasteiger partial charge in [-0.2, -0.15) is 5.26 Å². The molecule has 3 rings (SSSR count). The summed E-state index contributed by atoms with van der Waals surface area (Å²) in [5.41, 5.74) is 1.15. The van der Waals surface area contributed by atoms with Gasteiger partial charge in [-0.15, -0.1) is 0 Å². The first kappa shape index (κ1) is 17.2. The van der Waals surface area contributed by atoms with Crippen molar-refractivity contribution in [3.63, 3.8) is 0 Å². The van der Waals surface area contributed by atoms with E-state index in [0.717, 1.165) is 5.70 Å². The van der Waals surface area contributed by atoms with Gasteiger partial charge in [0, 0.05) is 30.2 Å². The number of Topliss-reactive ketones (excluding diaryl/α,β-unsaturated/α-hetero) is 1. The molecule has 2 aliphatic rings. The van der Waals surface area contributed by atoms with Gasteiger partial charge < -0.3 is 5.32 Å². The van der Waals surface area contributed by atoms with Crippen molar-refractivity contribution in [2.24, 2.45) is 17.3 Å². The number of ketones is 1. The molecule has 1 aromatic rings. The zero-order valence-corrected chi connectivity index (χ0v) is 14.7. The van der Waals surface area contributed by atoms with E-state index in [4.69, 9.17) is 12.2 Å². The summed E-state index contributed by atoms with van der Waals surface area (Å²) >= 11 is 5.36. The van der Waals surface area contributed by atoms with Gasteiger partial charge in [-0.3, -0.25) is 14.9 Å². The number of thiocarbonyl (C=S) groups is 1. The minimum atomic E-state index is -0.649. The van der Waals surface area contributed by atoms with E-state index in [-0.39, 0.29) is 16.9 Å². The van der Waals surface area contributed by atoms with Gasteiger partial charge >= 0.3 is 0 Å². The maximum absolute atomic E-state index is 12.8. The summed E-state index contributed by atoms with van der Waals surface area (Å²) in [5, 5.41) is 23.5. The lowest BCUT2D eigenvalue weighted by molar-refractivity contribution is -0.384. The first-order valence-electron chi connectivity index (χ1n) is 7.94. The standard InChI is InChI=1S/C18H17N3O3S/c1-18(2)7-13-16(14(22)8-18)15(12(9-19)17(25)20-13)10-3-5-11(6-4-10)21(23)24/h3-7,12,15-16H,8H2,1-2H3,(H,20,25)/t12-,15+,16-/m1/s1. The molecule has 128 valence electrons. The number of hydrogen-bond donors (Lipinski definition) is 1. The Kier molecular flexibility index (Phi) is 4.17. The van der Waals surface area contributed by atoms with Crippen LogP contribution in [0.5, 0.6) is 0 Å². The van der Waals surface area contributed by atoms with E-state index >= 15 is 0 Å². The average molecular weight is 355 g/mol. The van der Waals surface area contributed by atoms with Crippen molar-refractivity contribution in [2.75, 3.05) is 0 Å². The molecule has 1 aliphatic heterocycles. The topological polar surface area (TPSA) is 96.0 Å². The zero-order valence-electron chi connectivity index (χ0n) is 13.9.